The van der Waals surface area contributed by atoms with E-state index < -0.39 is 10.1 Å². The highest BCUT2D eigenvalue weighted by atomic mass is 32.2. The van der Waals surface area contributed by atoms with Crippen LogP contribution in [-0.2, 0) is 10.1 Å². The first-order valence-corrected chi connectivity index (χ1v) is 7.46. The van der Waals surface area contributed by atoms with E-state index in [1.807, 2.05) is 0 Å². The van der Waals surface area contributed by atoms with Crippen molar-refractivity contribution in [1.29, 1.82) is 0 Å². The maximum absolute atomic E-state index is 10.8. The first-order valence-electron chi connectivity index (χ1n) is 5.85. The number of hydrogen-bond acceptors (Lipinski definition) is 3. The van der Waals surface area contributed by atoms with E-state index in [-0.39, 0.29) is 22.7 Å². The molecule has 0 aliphatic heterocycles. The minimum absolute atomic E-state index is 0.155. The van der Waals surface area contributed by atoms with Crippen molar-refractivity contribution in [2.24, 2.45) is 16.7 Å². The van der Waals surface area contributed by atoms with Gasteiger partial charge >= 0.3 is 0 Å². The average molecular weight is 247 g/mol. The highest BCUT2D eigenvalue weighted by Gasteiger charge is 2.61. The van der Waals surface area contributed by atoms with E-state index in [2.05, 4.69) is 26.1 Å². The molecule has 4 nitrogen and oxygen atoms in total. The number of nitrogens with one attached hydrogen (secondary N) is 1. The SMILES string of the molecule is CC1(C)C2CCC1(C)C(NCS(=O)(=O)O)C2. The van der Waals surface area contributed by atoms with Gasteiger partial charge in [-0.1, -0.05) is 20.8 Å². The zero-order chi connectivity index (χ0) is 12.2. The molecule has 0 amide bonds. The van der Waals surface area contributed by atoms with E-state index in [0.29, 0.717) is 5.92 Å². The molecule has 3 atom stereocenters. The topological polar surface area (TPSA) is 66.4 Å². The normalized spacial score (nSPS) is 41.5. The Kier molecular flexibility index (Phi) is 2.64. The molecule has 0 aromatic carbocycles. The summed E-state index contributed by atoms with van der Waals surface area (Å²) in [5, 5.41) is 3.01. The summed E-state index contributed by atoms with van der Waals surface area (Å²) in [5.41, 5.74) is 0.423. The van der Waals surface area contributed by atoms with Crippen LogP contribution in [0.4, 0.5) is 0 Å². The Morgan fingerprint density at radius 1 is 1.38 bits per heavy atom. The zero-order valence-electron chi connectivity index (χ0n) is 10.2. The van der Waals surface area contributed by atoms with E-state index in [0.717, 1.165) is 12.8 Å². The van der Waals surface area contributed by atoms with Gasteiger partial charge in [0.15, 0.2) is 0 Å². The first-order chi connectivity index (χ1) is 7.17. The molecular weight excluding hydrogens is 226 g/mol. The number of rotatable bonds is 3. The van der Waals surface area contributed by atoms with Crippen LogP contribution in [0.3, 0.4) is 0 Å². The standard InChI is InChI=1S/C11H21NO3S/c1-10(2)8-4-5-11(10,3)9(6-8)12-7-16(13,14)15/h8-9,12H,4-7H2,1-3H3,(H,13,14,15). The van der Waals surface area contributed by atoms with Gasteiger partial charge in [-0.3, -0.25) is 9.87 Å². The first kappa shape index (κ1) is 12.3. The van der Waals surface area contributed by atoms with Crippen LogP contribution in [0, 0.1) is 16.7 Å². The second-order valence-corrected chi connectivity index (χ2v) is 7.55. The molecule has 0 heterocycles. The van der Waals surface area contributed by atoms with Crippen molar-refractivity contribution < 1.29 is 13.0 Å². The van der Waals surface area contributed by atoms with Crippen LogP contribution in [0.1, 0.15) is 40.0 Å². The van der Waals surface area contributed by atoms with E-state index in [1.165, 1.54) is 6.42 Å². The molecule has 2 aliphatic carbocycles. The largest absolute Gasteiger partial charge is 0.298 e. The fraction of sp³-hybridized carbons (Fsp3) is 1.00. The molecule has 2 rings (SSSR count). The third-order valence-electron chi connectivity index (χ3n) is 5.31. The van der Waals surface area contributed by atoms with Gasteiger partial charge in [0, 0.05) is 6.04 Å². The van der Waals surface area contributed by atoms with Crippen LogP contribution in [0.25, 0.3) is 0 Å². The van der Waals surface area contributed by atoms with Gasteiger partial charge in [0.25, 0.3) is 10.1 Å². The van der Waals surface area contributed by atoms with Crippen LogP contribution >= 0.6 is 0 Å². The minimum Gasteiger partial charge on any atom is -0.298 e. The van der Waals surface area contributed by atoms with Gasteiger partial charge in [0.2, 0.25) is 0 Å². The Balaban J connectivity index is 2.10. The van der Waals surface area contributed by atoms with Gasteiger partial charge in [-0.05, 0) is 36.0 Å². The second-order valence-electron chi connectivity index (χ2n) is 6.09. The van der Waals surface area contributed by atoms with Crippen LogP contribution in [0.5, 0.6) is 0 Å². The minimum atomic E-state index is -3.90. The lowest BCUT2D eigenvalue weighted by atomic mass is 9.69. The van der Waals surface area contributed by atoms with Crippen molar-refractivity contribution in [3.05, 3.63) is 0 Å². The summed E-state index contributed by atoms with van der Waals surface area (Å²) in [5.74, 6) is 0.354. The van der Waals surface area contributed by atoms with E-state index in [1.54, 1.807) is 0 Å². The highest BCUT2D eigenvalue weighted by Crippen LogP contribution is 2.65. The smallest absolute Gasteiger partial charge is 0.278 e. The Labute approximate surface area is 97.6 Å². The molecule has 0 saturated heterocycles. The fourth-order valence-corrected chi connectivity index (χ4v) is 4.13. The molecular formula is C11H21NO3S. The summed E-state index contributed by atoms with van der Waals surface area (Å²) in [4.78, 5) is 0. The average Bonchev–Trinajstić information content (AvgIpc) is 2.45. The molecule has 94 valence electrons. The summed E-state index contributed by atoms with van der Waals surface area (Å²) in [6, 6.07) is 0.211. The van der Waals surface area contributed by atoms with E-state index >= 15 is 0 Å². The summed E-state index contributed by atoms with van der Waals surface area (Å²) < 4.78 is 30.3. The quantitative estimate of drug-likeness (QED) is 0.744. The van der Waals surface area contributed by atoms with Crippen LogP contribution in [-0.4, -0.2) is 24.9 Å². The molecule has 5 heteroatoms. The Hall–Kier alpha value is -0.130. The molecule has 2 bridgehead atoms. The molecule has 0 aromatic heterocycles. The van der Waals surface area contributed by atoms with Gasteiger partial charge in [-0.25, -0.2) is 0 Å². The van der Waals surface area contributed by atoms with Crippen molar-refractivity contribution in [3.63, 3.8) is 0 Å². The molecule has 2 N–H and O–H groups in total. The van der Waals surface area contributed by atoms with Crippen molar-refractivity contribution in [2.75, 3.05) is 5.88 Å². The Morgan fingerprint density at radius 3 is 2.38 bits per heavy atom. The lowest BCUT2D eigenvalue weighted by Gasteiger charge is -2.39. The molecule has 0 radical (unpaired) electrons. The summed E-state index contributed by atoms with van der Waals surface area (Å²) >= 11 is 0. The number of fused-ring (bicyclic) bond motifs is 2. The predicted octanol–water partition coefficient (Wildman–Crippen LogP) is 1.64. The summed E-state index contributed by atoms with van der Waals surface area (Å²) in [6.07, 6.45) is 3.42. The van der Waals surface area contributed by atoms with Crippen molar-refractivity contribution in [1.82, 2.24) is 5.32 Å². The Morgan fingerprint density at radius 2 is 2.00 bits per heavy atom. The second kappa shape index (κ2) is 3.43. The van der Waals surface area contributed by atoms with Gasteiger partial charge in [-0.15, -0.1) is 0 Å². The zero-order valence-corrected chi connectivity index (χ0v) is 11.0. The van der Waals surface area contributed by atoms with Gasteiger partial charge in [0.05, 0.1) is 0 Å². The van der Waals surface area contributed by atoms with Gasteiger partial charge in [-0.2, -0.15) is 8.42 Å². The third-order valence-corrected chi connectivity index (χ3v) is 5.84. The lowest BCUT2D eigenvalue weighted by Crippen LogP contribution is -2.45. The summed E-state index contributed by atoms with van der Waals surface area (Å²) in [6.45, 7) is 6.79. The molecule has 0 aromatic rings. The monoisotopic (exact) mass is 247 g/mol. The van der Waals surface area contributed by atoms with Crippen molar-refractivity contribution in [3.8, 4) is 0 Å². The van der Waals surface area contributed by atoms with Crippen LogP contribution in [0.2, 0.25) is 0 Å². The fourth-order valence-electron chi connectivity index (χ4n) is 3.72. The van der Waals surface area contributed by atoms with E-state index in [9.17, 15) is 8.42 Å². The van der Waals surface area contributed by atoms with Crippen LogP contribution < -0.4 is 5.32 Å². The molecule has 3 unspecified atom stereocenters. The van der Waals surface area contributed by atoms with E-state index in [4.69, 9.17) is 4.55 Å². The maximum Gasteiger partial charge on any atom is 0.278 e. The maximum atomic E-state index is 10.8. The third kappa shape index (κ3) is 1.69. The number of hydrogen-bond donors (Lipinski definition) is 2. The molecule has 2 saturated carbocycles. The van der Waals surface area contributed by atoms with Crippen molar-refractivity contribution in [2.45, 2.75) is 46.1 Å². The molecule has 0 spiro atoms. The predicted molar refractivity (Wildman–Crippen MR) is 62.6 cm³/mol. The Bertz CT molecular complexity index is 390. The molecule has 16 heavy (non-hydrogen) atoms. The summed E-state index contributed by atoms with van der Waals surface area (Å²) in [7, 11) is -3.90. The lowest BCUT2D eigenvalue weighted by molar-refractivity contribution is 0.123. The van der Waals surface area contributed by atoms with Gasteiger partial charge < -0.3 is 0 Å². The molecule has 2 fully saturated rings. The van der Waals surface area contributed by atoms with Crippen LogP contribution in [0.15, 0.2) is 0 Å². The van der Waals surface area contributed by atoms with Crippen molar-refractivity contribution >= 4 is 10.1 Å². The van der Waals surface area contributed by atoms with Gasteiger partial charge in [0.1, 0.15) is 5.88 Å². The highest BCUT2D eigenvalue weighted by molar-refractivity contribution is 7.85. The molecule has 2 aliphatic rings.